The second-order valence-corrected chi connectivity index (χ2v) is 8.30. The molecule has 0 aliphatic carbocycles. The Morgan fingerprint density at radius 3 is 2.29 bits per heavy atom. The predicted molar refractivity (Wildman–Crippen MR) is 139 cm³/mol. The molecule has 0 bridgehead atoms. The average molecular weight is 445 g/mol. The number of methoxy groups -OCH3 is 1. The summed E-state index contributed by atoms with van der Waals surface area (Å²) in [5.41, 5.74) is 5.18. The van der Waals surface area contributed by atoms with Crippen molar-refractivity contribution in [3.63, 3.8) is 0 Å². The summed E-state index contributed by atoms with van der Waals surface area (Å²) in [5, 5.41) is 4.34. The van der Waals surface area contributed by atoms with Crippen LogP contribution in [0.2, 0.25) is 0 Å². The number of benzene rings is 4. The van der Waals surface area contributed by atoms with Crippen molar-refractivity contribution in [1.82, 2.24) is 4.57 Å². The Bertz CT molecular complexity index is 1720. The maximum atomic E-state index is 6.24. The second-order valence-electron chi connectivity index (χ2n) is 8.30. The minimum absolute atomic E-state index is 0.767. The molecule has 0 saturated carbocycles. The van der Waals surface area contributed by atoms with Gasteiger partial charge in [-0.15, -0.1) is 0 Å². The molecule has 0 radical (unpaired) electrons. The van der Waals surface area contributed by atoms with Gasteiger partial charge in [-0.25, -0.2) is 4.99 Å². The van der Waals surface area contributed by atoms with Gasteiger partial charge in [0.15, 0.2) is 0 Å². The van der Waals surface area contributed by atoms with E-state index in [1.807, 2.05) is 48.5 Å². The molecule has 166 valence electrons. The molecule has 0 aliphatic rings. The third kappa shape index (κ3) is 3.35. The summed E-state index contributed by atoms with van der Waals surface area (Å²) in [6.45, 7) is 3.11. The Kier molecular flexibility index (Phi) is 4.92. The Hall–Kier alpha value is -4.31. The summed E-state index contributed by atoms with van der Waals surface area (Å²) in [6.07, 6.45) is 0. The van der Waals surface area contributed by atoms with Gasteiger partial charge in [0.25, 0.3) is 0 Å². The molecule has 0 aliphatic heterocycles. The van der Waals surface area contributed by atoms with Gasteiger partial charge in [-0.2, -0.15) is 0 Å². The molecule has 6 rings (SSSR count). The molecule has 0 unspecified atom stereocenters. The van der Waals surface area contributed by atoms with Crippen LogP contribution in [0.4, 0.5) is 5.69 Å². The van der Waals surface area contributed by atoms with Crippen molar-refractivity contribution in [3.05, 3.63) is 102 Å². The van der Waals surface area contributed by atoms with Crippen LogP contribution in [0.1, 0.15) is 6.92 Å². The van der Waals surface area contributed by atoms with E-state index in [0.717, 1.165) is 45.6 Å². The minimum Gasteiger partial charge on any atom is -0.497 e. The number of ether oxygens (including phenoxy) is 1. The molecule has 4 aromatic carbocycles. The molecule has 34 heavy (non-hydrogen) atoms. The SMILES string of the molecule is CCn1c2ccccc2c2cc(N=c3cc(-c4ccc(OC)cc4)oc4ccccc34)ccc21. The zero-order chi connectivity index (χ0) is 23.1. The first kappa shape index (κ1) is 20.3. The summed E-state index contributed by atoms with van der Waals surface area (Å²) >= 11 is 0. The fourth-order valence-corrected chi connectivity index (χ4v) is 4.70. The monoisotopic (exact) mass is 444 g/mol. The van der Waals surface area contributed by atoms with E-state index in [-0.39, 0.29) is 0 Å². The molecule has 0 atom stereocenters. The first-order chi connectivity index (χ1) is 16.7. The highest BCUT2D eigenvalue weighted by molar-refractivity contribution is 6.08. The molecule has 0 fully saturated rings. The number of aryl methyl sites for hydroxylation is 1. The zero-order valence-electron chi connectivity index (χ0n) is 19.2. The summed E-state index contributed by atoms with van der Waals surface area (Å²) in [5.74, 6) is 1.58. The number of nitrogens with zero attached hydrogens (tertiary/aromatic N) is 2. The van der Waals surface area contributed by atoms with Gasteiger partial charge in [0, 0.05) is 45.4 Å². The molecule has 4 nitrogen and oxygen atoms in total. The minimum atomic E-state index is 0.767. The van der Waals surface area contributed by atoms with Gasteiger partial charge in [-0.3, -0.25) is 0 Å². The number of para-hydroxylation sites is 2. The number of aromatic nitrogens is 1. The molecule has 0 saturated heterocycles. The third-order valence-electron chi connectivity index (χ3n) is 6.35. The zero-order valence-corrected chi connectivity index (χ0v) is 19.2. The normalized spacial score (nSPS) is 12.1. The maximum absolute atomic E-state index is 6.24. The topological polar surface area (TPSA) is 39.7 Å². The van der Waals surface area contributed by atoms with Crippen molar-refractivity contribution in [3.8, 4) is 17.1 Å². The van der Waals surface area contributed by atoms with E-state index >= 15 is 0 Å². The van der Waals surface area contributed by atoms with Gasteiger partial charge in [0.05, 0.1) is 18.2 Å². The predicted octanol–water partition coefficient (Wildman–Crippen LogP) is 7.47. The van der Waals surface area contributed by atoms with E-state index in [9.17, 15) is 0 Å². The van der Waals surface area contributed by atoms with Crippen molar-refractivity contribution in [2.24, 2.45) is 4.99 Å². The Balaban J connectivity index is 1.57. The van der Waals surface area contributed by atoms with Gasteiger partial charge in [0.1, 0.15) is 17.1 Å². The largest absolute Gasteiger partial charge is 0.497 e. The standard InChI is InChI=1S/C30H24N2O2/c1-3-32-27-10-6-4-8-23(27)25-18-21(14-17-28(25)32)31-26-19-30(20-12-15-22(33-2)16-13-20)34-29-11-7-5-9-24(26)29/h4-19H,3H2,1-2H3. The quantitative estimate of drug-likeness (QED) is 0.283. The Morgan fingerprint density at radius 2 is 1.50 bits per heavy atom. The van der Waals surface area contributed by atoms with Crippen LogP contribution in [0, 0.1) is 0 Å². The highest BCUT2D eigenvalue weighted by Crippen LogP contribution is 2.32. The maximum Gasteiger partial charge on any atom is 0.136 e. The van der Waals surface area contributed by atoms with Crippen LogP contribution in [-0.2, 0) is 6.54 Å². The first-order valence-electron chi connectivity index (χ1n) is 11.5. The molecule has 2 heterocycles. The molecule has 0 amide bonds. The van der Waals surface area contributed by atoms with Crippen LogP contribution in [0.5, 0.6) is 5.75 Å². The van der Waals surface area contributed by atoms with E-state index in [1.54, 1.807) is 7.11 Å². The van der Waals surface area contributed by atoms with E-state index in [1.165, 1.54) is 21.8 Å². The highest BCUT2D eigenvalue weighted by atomic mass is 16.5. The van der Waals surface area contributed by atoms with Gasteiger partial charge >= 0.3 is 0 Å². The van der Waals surface area contributed by atoms with Crippen LogP contribution < -0.4 is 10.1 Å². The van der Waals surface area contributed by atoms with Crippen molar-refractivity contribution in [2.45, 2.75) is 13.5 Å². The number of rotatable bonds is 4. The summed E-state index contributed by atoms with van der Waals surface area (Å²) in [4.78, 5) is 5.09. The van der Waals surface area contributed by atoms with Crippen LogP contribution in [0.25, 0.3) is 44.1 Å². The molecular weight excluding hydrogens is 420 g/mol. The fraction of sp³-hybridized carbons (Fsp3) is 0.100. The van der Waals surface area contributed by atoms with E-state index < -0.39 is 0 Å². The Labute approximate surface area is 197 Å². The number of fused-ring (bicyclic) bond motifs is 4. The van der Waals surface area contributed by atoms with E-state index in [2.05, 4.69) is 60.0 Å². The summed E-state index contributed by atoms with van der Waals surface area (Å²) in [7, 11) is 1.67. The number of hydrogen-bond acceptors (Lipinski definition) is 3. The Morgan fingerprint density at radius 1 is 0.765 bits per heavy atom. The molecule has 2 aromatic heterocycles. The van der Waals surface area contributed by atoms with Crippen molar-refractivity contribution < 1.29 is 9.15 Å². The first-order valence-corrected chi connectivity index (χ1v) is 11.5. The van der Waals surface area contributed by atoms with Crippen molar-refractivity contribution >= 4 is 38.5 Å². The van der Waals surface area contributed by atoms with Crippen LogP contribution in [0.3, 0.4) is 0 Å². The molecule has 0 N–H and O–H groups in total. The van der Waals surface area contributed by atoms with Crippen molar-refractivity contribution in [2.75, 3.05) is 7.11 Å². The number of hydrogen-bond donors (Lipinski definition) is 0. The molecule has 0 spiro atoms. The van der Waals surface area contributed by atoms with Crippen molar-refractivity contribution in [1.29, 1.82) is 0 Å². The van der Waals surface area contributed by atoms with E-state index in [0.29, 0.717) is 0 Å². The van der Waals surface area contributed by atoms with Gasteiger partial charge in [-0.05, 0) is 67.6 Å². The lowest BCUT2D eigenvalue weighted by atomic mass is 10.1. The average Bonchev–Trinajstić information content (AvgIpc) is 3.21. The van der Waals surface area contributed by atoms with Gasteiger partial charge in [0.2, 0.25) is 0 Å². The van der Waals surface area contributed by atoms with E-state index in [4.69, 9.17) is 14.1 Å². The van der Waals surface area contributed by atoms with Gasteiger partial charge in [-0.1, -0.05) is 30.3 Å². The highest BCUT2D eigenvalue weighted by Gasteiger charge is 2.10. The smallest absolute Gasteiger partial charge is 0.136 e. The van der Waals surface area contributed by atoms with Crippen LogP contribution in [-0.4, -0.2) is 11.7 Å². The fourth-order valence-electron chi connectivity index (χ4n) is 4.70. The molecule has 4 heteroatoms. The summed E-state index contributed by atoms with van der Waals surface area (Å²) < 4.78 is 13.9. The lowest BCUT2D eigenvalue weighted by Gasteiger charge is -2.06. The van der Waals surface area contributed by atoms with Crippen LogP contribution in [0.15, 0.2) is 106 Å². The lowest BCUT2D eigenvalue weighted by molar-refractivity contribution is 0.415. The molecular formula is C30H24N2O2. The molecule has 6 aromatic rings. The lowest BCUT2D eigenvalue weighted by Crippen LogP contribution is -2.03. The second kappa shape index (κ2) is 8.23. The van der Waals surface area contributed by atoms with Crippen LogP contribution >= 0.6 is 0 Å². The summed E-state index contributed by atoms with van der Waals surface area (Å²) in [6, 6.07) is 33.0. The third-order valence-corrected chi connectivity index (χ3v) is 6.35. The van der Waals surface area contributed by atoms with Gasteiger partial charge < -0.3 is 13.7 Å².